The SMILES string of the molecule is CCCCCCCCCCCCCCOc1ccc(C(=O)Oc2ccc(Nc3ccc(C#N)ccc3=O)cc2)cc1. The van der Waals surface area contributed by atoms with Crippen molar-refractivity contribution in [1.29, 1.82) is 5.26 Å². The number of benzene rings is 2. The Bertz CT molecular complexity index is 1300. The summed E-state index contributed by atoms with van der Waals surface area (Å²) in [6.45, 7) is 2.94. The Morgan fingerprint density at radius 3 is 1.88 bits per heavy atom. The van der Waals surface area contributed by atoms with E-state index in [0.29, 0.717) is 34.9 Å². The van der Waals surface area contributed by atoms with Gasteiger partial charge in [-0.2, -0.15) is 5.26 Å². The molecule has 0 saturated heterocycles. The fourth-order valence-corrected chi connectivity index (χ4v) is 4.49. The van der Waals surface area contributed by atoms with E-state index in [1.807, 2.05) is 6.07 Å². The van der Waals surface area contributed by atoms with E-state index in [1.54, 1.807) is 60.7 Å². The number of unbranched alkanes of at least 4 members (excludes halogenated alkanes) is 11. The van der Waals surface area contributed by atoms with Crippen LogP contribution in [0.25, 0.3) is 0 Å². The molecular weight excluding hydrogens is 512 g/mol. The molecule has 0 aliphatic carbocycles. The number of nitriles is 1. The Kier molecular flexibility index (Phi) is 14.0. The van der Waals surface area contributed by atoms with Crippen molar-refractivity contribution in [3.8, 4) is 17.6 Å². The first-order valence-corrected chi connectivity index (χ1v) is 15.0. The van der Waals surface area contributed by atoms with E-state index < -0.39 is 5.97 Å². The Hall–Kier alpha value is -4.11. The van der Waals surface area contributed by atoms with Gasteiger partial charge in [-0.1, -0.05) is 77.6 Å². The molecule has 0 heterocycles. The molecule has 0 amide bonds. The summed E-state index contributed by atoms with van der Waals surface area (Å²) in [5.41, 5.74) is 1.60. The average Bonchev–Trinajstić information content (AvgIpc) is 3.17. The standard InChI is InChI=1S/C35H42N2O4/c1-2-3-4-5-6-7-8-9-10-11-12-13-26-40-31-20-16-29(17-21-31)35(39)41-32-22-18-30(19-23-32)37-33-24-14-28(27-36)15-25-34(33)38/h14-25H,2-13,26H2,1H3,(H,37,38). The number of nitrogens with zero attached hydrogens (tertiary/aromatic N) is 1. The maximum Gasteiger partial charge on any atom is 0.343 e. The van der Waals surface area contributed by atoms with Gasteiger partial charge in [0.15, 0.2) is 0 Å². The zero-order valence-electron chi connectivity index (χ0n) is 24.2. The summed E-state index contributed by atoms with van der Waals surface area (Å²) >= 11 is 0. The first-order chi connectivity index (χ1) is 20.1. The second-order valence-corrected chi connectivity index (χ2v) is 10.3. The molecule has 0 fully saturated rings. The van der Waals surface area contributed by atoms with Gasteiger partial charge in [0.25, 0.3) is 0 Å². The second kappa shape index (κ2) is 18.3. The van der Waals surface area contributed by atoms with Crippen molar-refractivity contribution in [3.05, 3.63) is 94.1 Å². The summed E-state index contributed by atoms with van der Waals surface area (Å²) in [4.78, 5) is 24.8. The molecule has 6 nitrogen and oxygen atoms in total. The van der Waals surface area contributed by atoms with Gasteiger partial charge in [0.05, 0.1) is 29.5 Å². The lowest BCUT2D eigenvalue weighted by Crippen LogP contribution is -2.08. The maximum atomic E-state index is 12.6. The summed E-state index contributed by atoms with van der Waals surface area (Å²) in [7, 11) is 0. The lowest BCUT2D eigenvalue weighted by atomic mass is 10.1. The van der Waals surface area contributed by atoms with Gasteiger partial charge in [-0.15, -0.1) is 0 Å². The molecular formula is C35H42N2O4. The van der Waals surface area contributed by atoms with Crippen LogP contribution in [0.3, 0.4) is 0 Å². The third kappa shape index (κ3) is 11.9. The molecule has 0 aromatic heterocycles. The zero-order valence-corrected chi connectivity index (χ0v) is 24.2. The number of hydrogen-bond acceptors (Lipinski definition) is 6. The summed E-state index contributed by atoms with van der Waals surface area (Å²) in [6, 6.07) is 21.7. The topological polar surface area (TPSA) is 88.4 Å². The lowest BCUT2D eigenvalue weighted by molar-refractivity contribution is 0.0734. The third-order valence-corrected chi connectivity index (χ3v) is 6.94. The van der Waals surface area contributed by atoms with Gasteiger partial charge < -0.3 is 14.8 Å². The maximum absolute atomic E-state index is 12.6. The van der Waals surface area contributed by atoms with Crippen LogP contribution >= 0.6 is 0 Å². The predicted octanol–water partition coefficient (Wildman–Crippen LogP) is 8.96. The molecule has 0 aliphatic heterocycles. The van der Waals surface area contributed by atoms with Crippen LogP contribution < -0.4 is 20.2 Å². The molecule has 41 heavy (non-hydrogen) atoms. The van der Waals surface area contributed by atoms with Crippen molar-refractivity contribution in [1.82, 2.24) is 0 Å². The van der Waals surface area contributed by atoms with Crippen molar-refractivity contribution in [2.75, 3.05) is 11.9 Å². The number of ether oxygens (including phenoxy) is 2. The van der Waals surface area contributed by atoms with Crippen LogP contribution in [0.2, 0.25) is 0 Å². The van der Waals surface area contributed by atoms with Gasteiger partial charge in [0.2, 0.25) is 5.43 Å². The molecule has 0 bridgehead atoms. The van der Waals surface area contributed by atoms with Gasteiger partial charge in [0, 0.05) is 5.69 Å². The summed E-state index contributed by atoms with van der Waals surface area (Å²) in [5, 5.41) is 12.0. The van der Waals surface area contributed by atoms with Crippen molar-refractivity contribution < 1.29 is 14.3 Å². The van der Waals surface area contributed by atoms with Crippen molar-refractivity contribution in [2.24, 2.45) is 0 Å². The van der Waals surface area contributed by atoms with E-state index >= 15 is 0 Å². The minimum absolute atomic E-state index is 0.233. The monoisotopic (exact) mass is 554 g/mol. The lowest BCUT2D eigenvalue weighted by Gasteiger charge is -2.09. The van der Waals surface area contributed by atoms with Crippen molar-refractivity contribution in [3.63, 3.8) is 0 Å². The van der Waals surface area contributed by atoms with Gasteiger partial charge >= 0.3 is 5.97 Å². The number of rotatable bonds is 18. The van der Waals surface area contributed by atoms with Crippen LogP contribution in [0.4, 0.5) is 11.4 Å². The molecule has 1 N–H and O–H groups in total. The molecule has 0 saturated carbocycles. The highest BCUT2D eigenvalue weighted by atomic mass is 16.5. The smallest absolute Gasteiger partial charge is 0.343 e. The van der Waals surface area contributed by atoms with Crippen LogP contribution in [0.15, 0.2) is 77.6 Å². The largest absolute Gasteiger partial charge is 0.494 e. The summed E-state index contributed by atoms with van der Waals surface area (Å²) in [6.07, 6.45) is 15.7. The normalized spacial score (nSPS) is 10.5. The predicted molar refractivity (Wildman–Crippen MR) is 165 cm³/mol. The van der Waals surface area contributed by atoms with Crippen LogP contribution in [0.5, 0.6) is 11.5 Å². The first-order valence-electron chi connectivity index (χ1n) is 15.0. The average molecular weight is 555 g/mol. The number of anilines is 2. The number of esters is 1. The van der Waals surface area contributed by atoms with Crippen LogP contribution in [0, 0.1) is 11.3 Å². The zero-order chi connectivity index (χ0) is 29.1. The summed E-state index contributed by atoms with van der Waals surface area (Å²) < 4.78 is 11.3. The van der Waals surface area contributed by atoms with Gasteiger partial charge in [-0.05, 0) is 79.2 Å². The highest BCUT2D eigenvalue weighted by molar-refractivity contribution is 5.91. The highest BCUT2D eigenvalue weighted by Gasteiger charge is 2.09. The Morgan fingerprint density at radius 1 is 0.707 bits per heavy atom. The van der Waals surface area contributed by atoms with Crippen LogP contribution in [-0.4, -0.2) is 12.6 Å². The Morgan fingerprint density at radius 2 is 1.27 bits per heavy atom. The van der Waals surface area contributed by atoms with Crippen LogP contribution in [0.1, 0.15) is 99.9 Å². The van der Waals surface area contributed by atoms with Crippen molar-refractivity contribution in [2.45, 2.75) is 84.0 Å². The molecule has 3 rings (SSSR count). The highest BCUT2D eigenvalue weighted by Crippen LogP contribution is 2.21. The fraction of sp³-hybridized carbons (Fsp3) is 0.400. The first kappa shape index (κ1) is 31.4. The molecule has 0 atom stereocenters. The second-order valence-electron chi connectivity index (χ2n) is 10.3. The molecule has 0 spiro atoms. The molecule has 0 aliphatic rings. The number of nitrogens with one attached hydrogen (secondary N) is 1. The van der Waals surface area contributed by atoms with E-state index in [2.05, 4.69) is 12.2 Å². The van der Waals surface area contributed by atoms with E-state index in [1.165, 1.54) is 82.8 Å². The number of hydrogen-bond donors (Lipinski definition) is 1. The third-order valence-electron chi connectivity index (χ3n) is 6.94. The van der Waals surface area contributed by atoms with Gasteiger partial charge in [-0.25, -0.2) is 4.79 Å². The van der Waals surface area contributed by atoms with E-state index in [-0.39, 0.29) is 5.43 Å². The molecule has 0 unspecified atom stereocenters. The molecule has 6 heteroatoms. The number of carbonyl (C=O) groups is 1. The van der Waals surface area contributed by atoms with Gasteiger partial charge in [-0.3, -0.25) is 4.79 Å². The fourth-order valence-electron chi connectivity index (χ4n) is 4.49. The molecule has 0 radical (unpaired) electrons. The minimum atomic E-state index is -0.459. The minimum Gasteiger partial charge on any atom is -0.494 e. The summed E-state index contributed by atoms with van der Waals surface area (Å²) in [5.74, 6) is 0.675. The molecule has 3 aromatic rings. The van der Waals surface area contributed by atoms with Crippen molar-refractivity contribution >= 4 is 17.3 Å². The Labute approximate surface area is 244 Å². The van der Waals surface area contributed by atoms with Crippen LogP contribution in [-0.2, 0) is 0 Å². The number of carbonyl (C=O) groups excluding carboxylic acids is 1. The van der Waals surface area contributed by atoms with E-state index in [0.717, 1.165) is 12.2 Å². The van der Waals surface area contributed by atoms with Gasteiger partial charge in [0.1, 0.15) is 11.5 Å². The van der Waals surface area contributed by atoms with E-state index in [9.17, 15) is 9.59 Å². The molecule has 216 valence electrons. The quantitative estimate of drug-likeness (QED) is 0.0959. The Balaban J connectivity index is 1.32. The molecule has 3 aromatic carbocycles. The van der Waals surface area contributed by atoms with E-state index in [4.69, 9.17) is 14.7 Å².